The van der Waals surface area contributed by atoms with Gasteiger partial charge in [-0.1, -0.05) is 25.4 Å². The number of aromatic nitrogens is 3. The van der Waals surface area contributed by atoms with Crippen molar-refractivity contribution in [2.45, 2.75) is 45.4 Å². The average molecular weight is 654 g/mol. The molecule has 1 N–H and O–H groups in total. The number of aromatic hydroxyl groups is 1. The van der Waals surface area contributed by atoms with Crippen LogP contribution in [0.3, 0.4) is 0 Å². The maximum Gasteiger partial charge on any atom is 0.350 e. The van der Waals surface area contributed by atoms with Crippen LogP contribution < -0.4 is 20.2 Å². The zero-order valence-corrected chi connectivity index (χ0v) is 27.2. The molecular weight excluding hydrogens is 613 g/mol. The number of hydrogen-bond acceptors (Lipinski definition) is 8. The highest BCUT2D eigenvalue weighted by Crippen LogP contribution is 2.30. The summed E-state index contributed by atoms with van der Waals surface area (Å²) in [5, 5.41) is 14.2. The summed E-state index contributed by atoms with van der Waals surface area (Å²) in [6, 6.07) is 17.6. The van der Waals surface area contributed by atoms with Crippen molar-refractivity contribution in [3.05, 3.63) is 93.9 Å². The van der Waals surface area contributed by atoms with Gasteiger partial charge in [0.15, 0.2) is 6.29 Å². The maximum atomic E-state index is 15.1. The van der Waals surface area contributed by atoms with Crippen molar-refractivity contribution < 1.29 is 23.7 Å². The zero-order chi connectivity index (χ0) is 32.6. The molecule has 46 heavy (non-hydrogen) atoms. The van der Waals surface area contributed by atoms with E-state index in [2.05, 4.69) is 23.8 Å². The number of ether oxygens (including phenoxy) is 3. The van der Waals surface area contributed by atoms with Crippen LogP contribution in [0.15, 0.2) is 71.8 Å². The van der Waals surface area contributed by atoms with Gasteiger partial charge in [0, 0.05) is 57.0 Å². The zero-order valence-electron chi connectivity index (χ0n) is 26.4. The third kappa shape index (κ3) is 7.66. The molecule has 1 atom stereocenters. The first-order valence-corrected chi connectivity index (χ1v) is 16.0. The van der Waals surface area contributed by atoms with Crippen LogP contribution >= 0.6 is 11.6 Å². The van der Waals surface area contributed by atoms with E-state index in [9.17, 15) is 9.90 Å². The minimum Gasteiger partial charge on any atom is -0.508 e. The lowest BCUT2D eigenvalue weighted by Gasteiger charge is -2.37. The van der Waals surface area contributed by atoms with E-state index in [0.717, 1.165) is 37.3 Å². The van der Waals surface area contributed by atoms with Crippen molar-refractivity contribution in [3.63, 3.8) is 0 Å². The smallest absolute Gasteiger partial charge is 0.350 e. The van der Waals surface area contributed by atoms with Crippen molar-refractivity contribution in [2.75, 3.05) is 56.3 Å². The standard InChI is InChI=1S/C34H41ClFN5O5/c1-4-24(5-2)41-34(43)40(23-37-41)26-9-7-25(8-10-26)38-15-17-39(18-16-38)32-14-12-28(22-31(32)36)45-19-6-20-46-33(44-3)29-13-11-27(42)21-30(29)35/h7-14,21-24,33,42H,4-6,15-20H2,1-3H3/t33-/m0/s1. The number of nitrogens with zero attached hydrogens (tertiary/aromatic N) is 5. The van der Waals surface area contributed by atoms with Gasteiger partial charge in [0.25, 0.3) is 0 Å². The Kier molecular flexibility index (Phi) is 11.2. The molecule has 0 unspecified atom stereocenters. The van der Waals surface area contributed by atoms with E-state index in [4.69, 9.17) is 25.8 Å². The third-order valence-electron chi connectivity index (χ3n) is 8.29. The number of hydrogen-bond donors (Lipinski definition) is 1. The number of anilines is 2. The Hall–Kier alpha value is -4.06. The maximum absolute atomic E-state index is 15.1. The van der Waals surface area contributed by atoms with Crippen LogP contribution in [0.2, 0.25) is 5.02 Å². The molecule has 0 saturated carbocycles. The fraction of sp³-hybridized carbons (Fsp3) is 0.412. The van der Waals surface area contributed by atoms with Crippen LogP contribution in [0.5, 0.6) is 11.5 Å². The molecule has 3 aromatic carbocycles. The van der Waals surface area contributed by atoms with Gasteiger partial charge in [-0.2, -0.15) is 5.10 Å². The molecule has 246 valence electrons. The second kappa shape index (κ2) is 15.5. The molecule has 0 amide bonds. The largest absolute Gasteiger partial charge is 0.508 e. The van der Waals surface area contributed by atoms with Crippen molar-refractivity contribution in [2.24, 2.45) is 0 Å². The van der Waals surface area contributed by atoms with E-state index in [0.29, 0.717) is 54.7 Å². The minimum atomic E-state index is -0.675. The van der Waals surface area contributed by atoms with Crippen LogP contribution in [0.4, 0.5) is 15.8 Å². The number of phenolic OH excluding ortho intramolecular Hbond substituents is 1. The Labute approximate surface area is 273 Å². The number of rotatable bonds is 14. The molecule has 1 aliphatic rings. The molecule has 0 aliphatic carbocycles. The molecule has 5 rings (SSSR count). The lowest BCUT2D eigenvalue weighted by molar-refractivity contribution is -0.129. The number of halogens is 2. The molecule has 4 aromatic rings. The van der Waals surface area contributed by atoms with Gasteiger partial charge in [-0.15, -0.1) is 0 Å². The summed E-state index contributed by atoms with van der Waals surface area (Å²) < 4.78 is 35.2. The lowest BCUT2D eigenvalue weighted by Crippen LogP contribution is -2.46. The van der Waals surface area contributed by atoms with Gasteiger partial charge in [0.1, 0.15) is 23.6 Å². The summed E-state index contributed by atoms with van der Waals surface area (Å²) in [5.74, 6) is 0.193. The summed E-state index contributed by atoms with van der Waals surface area (Å²) in [5.41, 5.74) is 2.87. The highest BCUT2D eigenvalue weighted by Gasteiger charge is 2.21. The quantitative estimate of drug-likeness (QED) is 0.124. The normalized spacial score (nSPS) is 14.2. The van der Waals surface area contributed by atoms with E-state index < -0.39 is 6.29 Å². The Morgan fingerprint density at radius 1 is 0.935 bits per heavy atom. The monoisotopic (exact) mass is 653 g/mol. The SMILES string of the molecule is CCC(CC)n1ncn(-c2ccc(N3CCN(c4ccc(OCCCO[C@H](OC)c5ccc(O)cc5Cl)cc4F)CC3)cc2)c1=O. The number of phenols is 1. The number of methoxy groups -OCH3 is 1. The van der Waals surface area contributed by atoms with Crippen molar-refractivity contribution >= 4 is 23.0 Å². The summed E-state index contributed by atoms with van der Waals surface area (Å²) in [6.07, 6.45) is 3.18. The molecule has 0 radical (unpaired) electrons. The first kappa shape index (κ1) is 33.3. The molecule has 1 saturated heterocycles. The Balaban J connectivity index is 1.09. The van der Waals surface area contributed by atoms with Gasteiger partial charge in [-0.05, 0) is 67.4 Å². The fourth-order valence-electron chi connectivity index (χ4n) is 5.67. The molecule has 0 spiro atoms. The number of benzene rings is 3. The molecule has 1 fully saturated rings. The molecule has 0 bridgehead atoms. The summed E-state index contributed by atoms with van der Waals surface area (Å²) in [6.45, 7) is 7.61. The van der Waals surface area contributed by atoms with E-state index >= 15 is 4.39 Å². The van der Waals surface area contributed by atoms with Crippen molar-refractivity contribution in [1.82, 2.24) is 14.3 Å². The first-order valence-electron chi connectivity index (χ1n) is 15.6. The second-order valence-corrected chi connectivity index (χ2v) is 11.6. The Bertz CT molecular complexity index is 1630. The minimum absolute atomic E-state index is 0.0668. The van der Waals surface area contributed by atoms with Crippen LogP contribution in [0.1, 0.15) is 51.0 Å². The average Bonchev–Trinajstić information content (AvgIpc) is 3.45. The summed E-state index contributed by atoms with van der Waals surface area (Å²) in [7, 11) is 1.52. The molecule has 1 aromatic heterocycles. The highest BCUT2D eigenvalue weighted by atomic mass is 35.5. The van der Waals surface area contributed by atoms with Gasteiger partial charge < -0.3 is 29.1 Å². The second-order valence-electron chi connectivity index (χ2n) is 11.1. The molecule has 2 heterocycles. The lowest BCUT2D eigenvalue weighted by atomic mass is 10.2. The van der Waals surface area contributed by atoms with Crippen LogP contribution in [-0.2, 0) is 9.47 Å². The van der Waals surface area contributed by atoms with Gasteiger partial charge in [-0.3, -0.25) is 0 Å². The summed E-state index contributed by atoms with van der Waals surface area (Å²) >= 11 is 6.19. The van der Waals surface area contributed by atoms with Gasteiger partial charge >= 0.3 is 5.69 Å². The Morgan fingerprint density at radius 2 is 1.63 bits per heavy atom. The van der Waals surface area contributed by atoms with Gasteiger partial charge in [0.2, 0.25) is 0 Å². The third-order valence-corrected chi connectivity index (χ3v) is 8.62. The van der Waals surface area contributed by atoms with Gasteiger partial charge in [0.05, 0.1) is 35.7 Å². The van der Waals surface area contributed by atoms with Crippen molar-refractivity contribution in [1.29, 1.82) is 0 Å². The molecule has 10 nitrogen and oxygen atoms in total. The Morgan fingerprint density at radius 3 is 2.28 bits per heavy atom. The van der Waals surface area contributed by atoms with Gasteiger partial charge in [-0.25, -0.2) is 18.4 Å². The molecule has 1 aliphatic heterocycles. The van der Waals surface area contributed by atoms with Crippen LogP contribution in [0.25, 0.3) is 5.69 Å². The van der Waals surface area contributed by atoms with Crippen LogP contribution in [0, 0.1) is 5.82 Å². The summed E-state index contributed by atoms with van der Waals surface area (Å²) in [4.78, 5) is 17.2. The van der Waals surface area contributed by atoms with Crippen molar-refractivity contribution in [3.8, 4) is 17.2 Å². The fourth-order valence-corrected chi connectivity index (χ4v) is 5.94. The van der Waals surface area contributed by atoms with Crippen LogP contribution in [-0.4, -0.2) is 66.0 Å². The predicted octanol–water partition coefficient (Wildman–Crippen LogP) is 6.35. The number of piperazine rings is 1. The predicted molar refractivity (Wildman–Crippen MR) is 177 cm³/mol. The van der Waals surface area contributed by atoms with E-state index in [1.165, 1.54) is 25.3 Å². The first-order chi connectivity index (χ1) is 22.3. The molecule has 12 heteroatoms. The highest BCUT2D eigenvalue weighted by molar-refractivity contribution is 6.31. The molecular formula is C34H41ClFN5O5. The van der Waals surface area contributed by atoms with E-state index in [-0.39, 0.29) is 23.3 Å². The van der Waals surface area contributed by atoms with E-state index in [1.807, 2.05) is 29.2 Å². The van der Waals surface area contributed by atoms with E-state index in [1.54, 1.807) is 33.8 Å². The topological polar surface area (TPSA) is 94.2 Å².